The Bertz CT molecular complexity index is 435. The van der Waals surface area contributed by atoms with E-state index in [4.69, 9.17) is 27.5 Å². The van der Waals surface area contributed by atoms with Gasteiger partial charge in [0.2, 0.25) is 0 Å². The Morgan fingerprint density at radius 1 is 0.556 bits per heavy atom. The van der Waals surface area contributed by atoms with Gasteiger partial charge < -0.3 is 27.5 Å². The van der Waals surface area contributed by atoms with Gasteiger partial charge in [0, 0.05) is 47.1 Å². The zero-order valence-electron chi connectivity index (χ0n) is 25.0. The molecule has 0 bridgehead atoms. The van der Waals surface area contributed by atoms with Gasteiger partial charge >= 0.3 is 8.32 Å². The van der Waals surface area contributed by atoms with Crippen molar-refractivity contribution in [3.8, 4) is 0 Å². The molecule has 0 aliphatic heterocycles. The van der Waals surface area contributed by atoms with E-state index in [-0.39, 0.29) is 0 Å². The zero-order valence-corrected chi connectivity index (χ0v) is 27.4. The van der Waals surface area contributed by atoms with E-state index in [0.29, 0.717) is 19.8 Å². The number of rotatable bonds is 29. The van der Waals surface area contributed by atoms with Gasteiger partial charge in [-0.25, -0.2) is 0 Å². The summed E-state index contributed by atoms with van der Waals surface area (Å²) in [6.07, 6.45) is 20.0. The van der Waals surface area contributed by atoms with Crippen molar-refractivity contribution in [2.75, 3.05) is 40.6 Å². The van der Waals surface area contributed by atoms with Crippen molar-refractivity contribution in [1.82, 2.24) is 0 Å². The highest BCUT2D eigenvalue weighted by atomic mass is 29.2. The summed E-state index contributed by atoms with van der Waals surface area (Å²) in [7, 11) is 0.758. The average molecular weight is 551 g/mol. The molecule has 0 amide bonds. The standard InChI is InChI=1S/C28H62O6Si2/c1-7-11-12-13-17-20-23-26-34-36(29-5,30-6)35-27-24-21-18-15-14-16-19-22-25-28(31-8-2,32-9-3)33-10-4/h7-27,35H2,1-6H3. The van der Waals surface area contributed by atoms with Gasteiger partial charge in [0.15, 0.2) is 0 Å². The molecule has 8 heteroatoms. The molecule has 0 aliphatic carbocycles. The highest BCUT2D eigenvalue weighted by Crippen LogP contribution is 2.24. The normalized spacial score (nSPS) is 12.8. The molecule has 0 heterocycles. The van der Waals surface area contributed by atoms with Crippen LogP contribution in [0.5, 0.6) is 0 Å². The van der Waals surface area contributed by atoms with Gasteiger partial charge in [-0.05, 0) is 33.6 Å². The van der Waals surface area contributed by atoms with E-state index in [1.54, 1.807) is 14.2 Å². The molecule has 0 spiro atoms. The molecule has 0 fully saturated rings. The maximum Gasteiger partial charge on any atom is 0.461 e. The van der Waals surface area contributed by atoms with Crippen LogP contribution in [0, 0.1) is 0 Å². The van der Waals surface area contributed by atoms with Gasteiger partial charge in [-0.3, -0.25) is 0 Å². The van der Waals surface area contributed by atoms with Crippen LogP contribution in [0.4, 0.5) is 0 Å². The Balaban J connectivity index is 3.86. The molecule has 0 aromatic rings. The molecule has 0 aromatic carbocycles. The van der Waals surface area contributed by atoms with Crippen molar-refractivity contribution >= 4 is 17.4 Å². The van der Waals surface area contributed by atoms with Gasteiger partial charge in [-0.2, -0.15) is 0 Å². The van der Waals surface area contributed by atoms with Crippen LogP contribution < -0.4 is 0 Å². The number of ether oxygens (including phenoxy) is 3. The second-order valence-corrected chi connectivity index (χ2v) is 17.5. The maximum absolute atomic E-state index is 6.24. The fraction of sp³-hybridized carbons (Fsp3) is 1.00. The average Bonchev–Trinajstić information content (AvgIpc) is 2.88. The molecule has 0 saturated heterocycles. The van der Waals surface area contributed by atoms with Crippen LogP contribution in [-0.2, 0) is 27.5 Å². The van der Waals surface area contributed by atoms with E-state index >= 15 is 0 Å². The first-order chi connectivity index (χ1) is 17.6. The lowest BCUT2D eigenvalue weighted by molar-refractivity contribution is -0.380. The quantitative estimate of drug-likeness (QED) is 0.0551. The molecular weight excluding hydrogens is 488 g/mol. The van der Waals surface area contributed by atoms with Gasteiger partial charge in [-0.15, -0.1) is 0 Å². The van der Waals surface area contributed by atoms with Crippen LogP contribution in [0.3, 0.4) is 0 Å². The zero-order chi connectivity index (χ0) is 26.8. The Hall–Kier alpha value is 0.194. The van der Waals surface area contributed by atoms with Crippen LogP contribution in [0.15, 0.2) is 0 Å². The minimum absolute atomic E-state index is 0.474. The minimum Gasteiger partial charge on any atom is -0.380 e. The molecule has 0 unspecified atom stereocenters. The van der Waals surface area contributed by atoms with Crippen molar-refractivity contribution in [3.05, 3.63) is 0 Å². The van der Waals surface area contributed by atoms with Gasteiger partial charge in [0.1, 0.15) is 9.04 Å². The molecule has 0 radical (unpaired) electrons. The van der Waals surface area contributed by atoms with Crippen LogP contribution in [0.2, 0.25) is 6.04 Å². The second-order valence-electron chi connectivity index (χ2n) is 9.73. The van der Waals surface area contributed by atoms with Crippen molar-refractivity contribution in [2.45, 2.75) is 142 Å². The highest BCUT2D eigenvalue weighted by Gasteiger charge is 2.37. The third kappa shape index (κ3) is 18.4. The topological polar surface area (TPSA) is 55.4 Å². The first-order valence-electron chi connectivity index (χ1n) is 15.2. The van der Waals surface area contributed by atoms with E-state index in [1.165, 1.54) is 89.5 Å². The van der Waals surface area contributed by atoms with E-state index < -0.39 is 23.3 Å². The number of unbranched alkanes of at least 4 members (excludes halogenated alkanes) is 13. The van der Waals surface area contributed by atoms with Gasteiger partial charge in [0.05, 0.1) is 0 Å². The largest absolute Gasteiger partial charge is 0.461 e. The monoisotopic (exact) mass is 550 g/mol. The molecule has 6 nitrogen and oxygen atoms in total. The predicted molar refractivity (Wildman–Crippen MR) is 156 cm³/mol. The number of hydrogen-bond donors (Lipinski definition) is 0. The Morgan fingerprint density at radius 2 is 1.00 bits per heavy atom. The number of hydrogen-bond acceptors (Lipinski definition) is 6. The van der Waals surface area contributed by atoms with E-state index in [2.05, 4.69) is 6.92 Å². The first kappa shape index (κ1) is 36.2. The molecule has 0 aliphatic rings. The van der Waals surface area contributed by atoms with Crippen LogP contribution >= 0.6 is 0 Å². The summed E-state index contributed by atoms with van der Waals surface area (Å²) in [6.45, 7) is 10.9. The van der Waals surface area contributed by atoms with Gasteiger partial charge in [0.25, 0.3) is 5.97 Å². The Morgan fingerprint density at radius 3 is 1.47 bits per heavy atom. The molecule has 0 aromatic heterocycles. The summed E-state index contributed by atoms with van der Waals surface area (Å²) < 4.78 is 35.3. The first-order valence-corrected chi connectivity index (χ1v) is 20.3. The lowest BCUT2D eigenvalue weighted by Gasteiger charge is -2.32. The highest BCUT2D eigenvalue weighted by molar-refractivity contribution is 7.14. The maximum atomic E-state index is 6.24. The van der Waals surface area contributed by atoms with Crippen molar-refractivity contribution in [1.29, 1.82) is 0 Å². The fourth-order valence-corrected chi connectivity index (χ4v) is 11.3. The lowest BCUT2D eigenvalue weighted by atomic mass is 10.1. The smallest absolute Gasteiger partial charge is 0.380 e. The third-order valence-corrected chi connectivity index (χ3v) is 15.3. The lowest BCUT2D eigenvalue weighted by Crippen LogP contribution is -2.50. The summed E-state index contributed by atoms with van der Waals surface area (Å²) in [5.74, 6) is -0.844. The Kier molecular flexibility index (Phi) is 25.6. The molecule has 0 N–H and O–H groups in total. The van der Waals surface area contributed by atoms with Gasteiger partial charge in [-0.1, -0.05) is 96.4 Å². The van der Waals surface area contributed by atoms with Crippen LogP contribution in [0.1, 0.15) is 130 Å². The third-order valence-electron chi connectivity index (χ3n) is 6.75. The predicted octanol–water partition coefficient (Wildman–Crippen LogP) is 7.34. The fourth-order valence-electron chi connectivity index (χ4n) is 4.69. The molecule has 0 rings (SSSR count). The molecule has 218 valence electrons. The Labute approximate surface area is 227 Å². The molecular formula is C28H62O6Si2. The van der Waals surface area contributed by atoms with E-state index in [9.17, 15) is 0 Å². The molecule has 0 atom stereocenters. The SMILES string of the molecule is CCCCCCCCCO[Si](OC)(OC)[SiH2]CCCCCCCCCCC(OCC)(OCC)OCC. The van der Waals surface area contributed by atoms with Crippen molar-refractivity contribution < 1.29 is 27.5 Å². The summed E-state index contributed by atoms with van der Waals surface area (Å²) in [6, 6.07) is 1.26. The van der Waals surface area contributed by atoms with Crippen molar-refractivity contribution in [3.63, 3.8) is 0 Å². The molecule has 36 heavy (non-hydrogen) atoms. The van der Waals surface area contributed by atoms with Crippen LogP contribution in [-0.4, -0.2) is 64.0 Å². The summed E-state index contributed by atoms with van der Waals surface area (Å²) in [5.41, 5.74) is 0. The van der Waals surface area contributed by atoms with Crippen molar-refractivity contribution in [2.24, 2.45) is 0 Å². The van der Waals surface area contributed by atoms with E-state index in [0.717, 1.165) is 25.9 Å². The van der Waals surface area contributed by atoms with E-state index in [1.807, 2.05) is 20.8 Å². The second kappa shape index (κ2) is 25.5. The summed E-state index contributed by atoms with van der Waals surface area (Å²) >= 11 is 0. The summed E-state index contributed by atoms with van der Waals surface area (Å²) in [5, 5.41) is 0. The summed E-state index contributed by atoms with van der Waals surface area (Å²) in [4.78, 5) is 0. The van der Waals surface area contributed by atoms with Crippen LogP contribution in [0.25, 0.3) is 0 Å². The minimum atomic E-state index is -2.34. The molecule has 0 saturated carbocycles.